The standard InChI is InChI=1S/C18H27F3N4O/c1-4-22-17(23-10-14-5-6-16(26-3)13(2)9-14)24-15-7-8-25(11-15)12-18(19,20)21/h5-6,9,15H,4,7-8,10-12H2,1-3H3,(H2,22,23,24). The summed E-state index contributed by atoms with van der Waals surface area (Å²) in [7, 11) is 1.64. The van der Waals surface area contributed by atoms with Crippen LogP contribution in [-0.2, 0) is 6.54 Å². The molecule has 0 amide bonds. The van der Waals surface area contributed by atoms with E-state index in [4.69, 9.17) is 4.74 Å². The van der Waals surface area contributed by atoms with Gasteiger partial charge in [-0.05, 0) is 37.5 Å². The summed E-state index contributed by atoms with van der Waals surface area (Å²) in [5.74, 6) is 1.46. The number of hydrogen-bond donors (Lipinski definition) is 2. The third kappa shape index (κ3) is 6.40. The second kappa shape index (κ2) is 9.12. The van der Waals surface area contributed by atoms with E-state index in [9.17, 15) is 13.2 Å². The Morgan fingerprint density at radius 1 is 1.38 bits per heavy atom. The third-order valence-electron chi connectivity index (χ3n) is 4.24. The maximum absolute atomic E-state index is 12.5. The van der Waals surface area contributed by atoms with Crippen molar-refractivity contribution in [3.63, 3.8) is 0 Å². The van der Waals surface area contributed by atoms with Crippen LogP contribution in [0.25, 0.3) is 0 Å². The molecule has 1 fully saturated rings. The van der Waals surface area contributed by atoms with Crippen molar-refractivity contribution in [3.8, 4) is 5.75 Å². The number of likely N-dealkylation sites (tertiary alicyclic amines) is 1. The van der Waals surface area contributed by atoms with Crippen molar-refractivity contribution in [2.45, 2.75) is 39.0 Å². The minimum absolute atomic E-state index is 0.0345. The van der Waals surface area contributed by atoms with Crippen LogP contribution in [0.15, 0.2) is 23.2 Å². The highest BCUT2D eigenvalue weighted by molar-refractivity contribution is 5.80. The van der Waals surface area contributed by atoms with E-state index in [2.05, 4.69) is 15.6 Å². The van der Waals surface area contributed by atoms with Crippen LogP contribution in [0.2, 0.25) is 0 Å². The number of hydrogen-bond acceptors (Lipinski definition) is 3. The van der Waals surface area contributed by atoms with E-state index in [1.54, 1.807) is 7.11 Å². The van der Waals surface area contributed by atoms with Crippen LogP contribution in [0, 0.1) is 6.92 Å². The lowest BCUT2D eigenvalue weighted by molar-refractivity contribution is -0.143. The van der Waals surface area contributed by atoms with Crippen molar-refractivity contribution in [1.82, 2.24) is 15.5 Å². The lowest BCUT2D eigenvalue weighted by Gasteiger charge is -2.19. The van der Waals surface area contributed by atoms with Gasteiger partial charge in [-0.25, -0.2) is 4.99 Å². The molecule has 8 heteroatoms. The second-order valence-corrected chi connectivity index (χ2v) is 6.48. The zero-order valence-electron chi connectivity index (χ0n) is 15.5. The predicted molar refractivity (Wildman–Crippen MR) is 96.6 cm³/mol. The molecule has 146 valence electrons. The third-order valence-corrected chi connectivity index (χ3v) is 4.24. The number of benzene rings is 1. The van der Waals surface area contributed by atoms with Gasteiger partial charge in [-0.15, -0.1) is 0 Å². The van der Waals surface area contributed by atoms with Crippen LogP contribution in [0.4, 0.5) is 13.2 Å². The molecule has 0 radical (unpaired) electrons. The molecule has 2 N–H and O–H groups in total. The fourth-order valence-electron chi connectivity index (χ4n) is 3.07. The summed E-state index contributed by atoms with van der Waals surface area (Å²) in [6.07, 6.45) is -3.48. The van der Waals surface area contributed by atoms with Crippen LogP contribution < -0.4 is 15.4 Å². The van der Waals surface area contributed by atoms with Gasteiger partial charge in [-0.3, -0.25) is 4.90 Å². The highest BCUT2D eigenvalue weighted by Gasteiger charge is 2.34. The van der Waals surface area contributed by atoms with Crippen LogP contribution in [0.3, 0.4) is 0 Å². The van der Waals surface area contributed by atoms with Gasteiger partial charge in [0.15, 0.2) is 5.96 Å². The monoisotopic (exact) mass is 372 g/mol. The van der Waals surface area contributed by atoms with E-state index in [1.165, 1.54) is 4.90 Å². The first-order valence-electron chi connectivity index (χ1n) is 8.78. The summed E-state index contributed by atoms with van der Waals surface area (Å²) in [5, 5.41) is 6.40. The van der Waals surface area contributed by atoms with Gasteiger partial charge in [0.1, 0.15) is 5.75 Å². The number of ether oxygens (including phenoxy) is 1. The van der Waals surface area contributed by atoms with Crippen LogP contribution in [0.5, 0.6) is 5.75 Å². The SMILES string of the molecule is CCNC(=NCc1ccc(OC)c(C)c1)NC1CCN(CC(F)(F)F)C1. The van der Waals surface area contributed by atoms with Gasteiger partial charge in [-0.1, -0.05) is 12.1 Å². The Morgan fingerprint density at radius 3 is 2.77 bits per heavy atom. The number of halogens is 3. The Hall–Kier alpha value is -1.96. The number of methoxy groups -OCH3 is 1. The summed E-state index contributed by atoms with van der Waals surface area (Å²) in [4.78, 5) is 5.98. The van der Waals surface area contributed by atoms with Gasteiger partial charge in [-0.2, -0.15) is 13.2 Å². The summed E-state index contributed by atoms with van der Waals surface area (Å²) in [5.41, 5.74) is 2.09. The molecule has 1 atom stereocenters. The first-order chi connectivity index (χ1) is 12.3. The Bertz CT molecular complexity index is 619. The molecule has 0 bridgehead atoms. The van der Waals surface area contributed by atoms with E-state index in [-0.39, 0.29) is 6.04 Å². The average molecular weight is 372 g/mol. The molecule has 1 aliphatic rings. The molecule has 0 aromatic heterocycles. The summed E-state index contributed by atoms with van der Waals surface area (Å²) in [6.45, 7) is 5.05. The molecular weight excluding hydrogens is 345 g/mol. The fraction of sp³-hybridized carbons (Fsp3) is 0.611. The zero-order chi connectivity index (χ0) is 19.2. The number of nitrogens with zero attached hydrogens (tertiary/aromatic N) is 2. The van der Waals surface area contributed by atoms with Crippen molar-refractivity contribution in [2.24, 2.45) is 4.99 Å². The molecule has 5 nitrogen and oxygen atoms in total. The van der Waals surface area contributed by atoms with Crippen molar-refractivity contribution >= 4 is 5.96 Å². The number of alkyl halides is 3. The quantitative estimate of drug-likeness (QED) is 0.596. The van der Waals surface area contributed by atoms with Gasteiger partial charge in [0.2, 0.25) is 0 Å². The largest absolute Gasteiger partial charge is 0.496 e. The highest BCUT2D eigenvalue weighted by atomic mass is 19.4. The average Bonchev–Trinajstić information content (AvgIpc) is 2.98. The maximum Gasteiger partial charge on any atom is 0.401 e. The van der Waals surface area contributed by atoms with Crippen molar-refractivity contribution in [2.75, 3.05) is 33.3 Å². The molecule has 0 aliphatic carbocycles. The lowest BCUT2D eigenvalue weighted by Crippen LogP contribution is -2.45. The van der Waals surface area contributed by atoms with E-state index in [1.807, 2.05) is 32.0 Å². The first-order valence-corrected chi connectivity index (χ1v) is 8.78. The Balaban J connectivity index is 1.94. The normalized spacial score (nSPS) is 18.8. The van der Waals surface area contributed by atoms with E-state index in [0.29, 0.717) is 38.6 Å². The molecule has 0 spiro atoms. The molecule has 1 aromatic rings. The maximum atomic E-state index is 12.5. The molecule has 1 aliphatic heterocycles. The minimum Gasteiger partial charge on any atom is -0.496 e. The number of guanidine groups is 1. The predicted octanol–water partition coefficient (Wildman–Crippen LogP) is 2.70. The molecule has 1 saturated heterocycles. The van der Waals surface area contributed by atoms with E-state index < -0.39 is 12.7 Å². The number of nitrogens with one attached hydrogen (secondary N) is 2. The van der Waals surface area contributed by atoms with Gasteiger partial charge >= 0.3 is 6.18 Å². The lowest BCUT2D eigenvalue weighted by atomic mass is 10.1. The van der Waals surface area contributed by atoms with Crippen molar-refractivity contribution in [3.05, 3.63) is 29.3 Å². The molecule has 1 aromatic carbocycles. The minimum atomic E-state index is -4.15. The number of aliphatic imine (C=N–C) groups is 1. The highest BCUT2D eigenvalue weighted by Crippen LogP contribution is 2.20. The van der Waals surface area contributed by atoms with E-state index in [0.717, 1.165) is 16.9 Å². The summed E-state index contributed by atoms with van der Waals surface area (Å²) < 4.78 is 42.8. The molecular formula is C18H27F3N4O. The number of rotatable bonds is 6. The second-order valence-electron chi connectivity index (χ2n) is 6.48. The number of aryl methyl sites for hydroxylation is 1. The summed E-state index contributed by atoms with van der Waals surface area (Å²) in [6, 6.07) is 5.85. The molecule has 0 saturated carbocycles. The zero-order valence-corrected chi connectivity index (χ0v) is 15.5. The van der Waals surface area contributed by atoms with Crippen LogP contribution >= 0.6 is 0 Å². The molecule has 1 unspecified atom stereocenters. The van der Waals surface area contributed by atoms with Crippen molar-refractivity contribution in [1.29, 1.82) is 0 Å². The Morgan fingerprint density at radius 2 is 2.15 bits per heavy atom. The van der Waals surface area contributed by atoms with E-state index >= 15 is 0 Å². The molecule has 1 heterocycles. The molecule has 26 heavy (non-hydrogen) atoms. The Labute approximate surface area is 152 Å². The van der Waals surface area contributed by atoms with Gasteiger partial charge in [0, 0.05) is 25.7 Å². The first kappa shape index (κ1) is 20.4. The van der Waals surface area contributed by atoms with Gasteiger partial charge in [0.25, 0.3) is 0 Å². The van der Waals surface area contributed by atoms with Crippen molar-refractivity contribution < 1.29 is 17.9 Å². The van der Waals surface area contributed by atoms with Crippen LogP contribution in [-0.4, -0.2) is 56.4 Å². The van der Waals surface area contributed by atoms with Gasteiger partial charge < -0.3 is 15.4 Å². The Kier molecular flexibility index (Phi) is 7.14. The van der Waals surface area contributed by atoms with Gasteiger partial charge in [0.05, 0.1) is 20.2 Å². The van der Waals surface area contributed by atoms with Crippen LogP contribution in [0.1, 0.15) is 24.5 Å². The fourth-order valence-corrected chi connectivity index (χ4v) is 3.07. The summed E-state index contributed by atoms with van der Waals surface area (Å²) >= 11 is 0. The molecule has 2 rings (SSSR count). The smallest absolute Gasteiger partial charge is 0.401 e. The topological polar surface area (TPSA) is 48.9 Å².